The molecular weight excluding hydrogens is 322 g/mol. The van der Waals surface area contributed by atoms with E-state index < -0.39 is 5.97 Å². The first-order chi connectivity index (χ1) is 12.2. The Hall–Kier alpha value is -2.48. The monoisotopic (exact) mass is 343 g/mol. The molecule has 25 heavy (non-hydrogen) atoms. The van der Waals surface area contributed by atoms with Gasteiger partial charge in [-0.2, -0.15) is 0 Å². The normalized spacial score (nSPS) is 18.2. The molecule has 1 saturated heterocycles. The minimum atomic E-state index is -1.01. The highest BCUT2D eigenvalue weighted by atomic mass is 16.5. The summed E-state index contributed by atoms with van der Waals surface area (Å²) in [7, 11) is 0. The molecule has 0 spiro atoms. The first-order valence-electron chi connectivity index (χ1n) is 8.69. The summed E-state index contributed by atoms with van der Waals surface area (Å²) in [5, 5.41) is 13.2. The molecule has 8 nitrogen and oxygen atoms in total. The van der Waals surface area contributed by atoms with Gasteiger partial charge in [0.25, 0.3) is 0 Å². The fourth-order valence-corrected chi connectivity index (χ4v) is 3.49. The van der Waals surface area contributed by atoms with Gasteiger partial charge in [-0.05, 0) is 19.3 Å². The fraction of sp³-hybridized carbons (Fsp3) is 0.529. The Labute approximate surface area is 145 Å². The molecule has 2 aliphatic rings. The number of hydrogen-bond acceptors (Lipinski definition) is 7. The van der Waals surface area contributed by atoms with E-state index in [1.54, 1.807) is 0 Å². The number of aryl methyl sites for hydroxylation is 1. The van der Waals surface area contributed by atoms with Crippen LogP contribution in [0.3, 0.4) is 0 Å². The van der Waals surface area contributed by atoms with Gasteiger partial charge in [0.15, 0.2) is 0 Å². The number of nitrogens with zero attached hydrogens (tertiary/aromatic N) is 5. The third kappa shape index (κ3) is 3.34. The number of hydrogen-bond donors (Lipinski definition) is 1. The van der Waals surface area contributed by atoms with Crippen molar-refractivity contribution in [1.82, 2.24) is 20.0 Å². The number of carboxylic acid groups (broad SMARTS) is 1. The first kappa shape index (κ1) is 16.0. The van der Waals surface area contributed by atoms with E-state index in [0.717, 1.165) is 57.0 Å². The van der Waals surface area contributed by atoms with Crippen molar-refractivity contribution in [2.75, 3.05) is 31.1 Å². The molecule has 0 unspecified atom stereocenters. The van der Waals surface area contributed by atoms with Crippen molar-refractivity contribution in [2.24, 2.45) is 0 Å². The highest BCUT2D eigenvalue weighted by molar-refractivity contribution is 5.86. The van der Waals surface area contributed by atoms with Gasteiger partial charge in [-0.3, -0.25) is 4.90 Å². The van der Waals surface area contributed by atoms with Crippen molar-refractivity contribution in [3.8, 4) is 0 Å². The summed E-state index contributed by atoms with van der Waals surface area (Å²) in [4.78, 5) is 23.7. The molecule has 0 atom stereocenters. The van der Waals surface area contributed by atoms with Crippen molar-refractivity contribution in [1.29, 1.82) is 0 Å². The van der Waals surface area contributed by atoms with Crippen LogP contribution in [0.15, 0.2) is 16.9 Å². The van der Waals surface area contributed by atoms with E-state index in [0.29, 0.717) is 5.95 Å². The second-order valence-corrected chi connectivity index (χ2v) is 6.58. The number of anilines is 1. The highest BCUT2D eigenvalue weighted by Crippen LogP contribution is 2.25. The first-order valence-corrected chi connectivity index (χ1v) is 8.69. The maximum Gasteiger partial charge on any atom is 0.338 e. The zero-order valence-corrected chi connectivity index (χ0v) is 14.0. The lowest BCUT2D eigenvalue weighted by Crippen LogP contribution is -2.46. The quantitative estimate of drug-likeness (QED) is 0.889. The van der Waals surface area contributed by atoms with Crippen molar-refractivity contribution < 1.29 is 14.4 Å². The Morgan fingerprint density at radius 1 is 1.12 bits per heavy atom. The van der Waals surface area contributed by atoms with Crippen LogP contribution in [0.2, 0.25) is 0 Å². The molecular formula is C17H21N5O3. The molecule has 0 aromatic carbocycles. The van der Waals surface area contributed by atoms with Crippen LogP contribution in [0, 0.1) is 0 Å². The van der Waals surface area contributed by atoms with Gasteiger partial charge in [0, 0.05) is 57.1 Å². The summed E-state index contributed by atoms with van der Waals surface area (Å²) in [5.41, 5.74) is 2.52. The van der Waals surface area contributed by atoms with Crippen molar-refractivity contribution >= 4 is 11.9 Å². The molecule has 1 N–H and O–H groups in total. The van der Waals surface area contributed by atoms with Crippen LogP contribution in [-0.2, 0) is 19.4 Å². The van der Waals surface area contributed by atoms with Gasteiger partial charge in [0.2, 0.25) is 5.95 Å². The topological polar surface area (TPSA) is 95.6 Å². The number of aromatic nitrogens is 3. The molecule has 0 bridgehead atoms. The molecule has 1 aliphatic heterocycles. The predicted molar refractivity (Wildman–Crippen MR) is 89.6 cm³/mol. The molecule has 1 aliphatic carbocycles. The number of aromatic carboxylic acids is 1. The summed E-state index contributed by atoms with van der Waals surface area (Å²) >= 11 is 0. The lowest BCUT2D eigenvalue weighted by molar-refractivity contribution is 0.0696. The summed E-state index contributed by atoms with van der Waals surface area (Å²) < 4.78 is 5.49. The van der Waals surface area contributed by atoms with Gasteiger partial charge >= 0.3 is 5.97 Å². The smallest absolute Gasteiger partial charge is 0.338 e. The van der Waals surface area contributed by atoms with Crippen molar-refractivity contribution in [3.05, 3.63) is 35.0 Å². The summed E-state index contributed by atoms with van der Waals surface area (Å²) in [5.74, 6) is 0.655. The predicted octanol–water partition coefficient (Wildman–Crippen LogP) is 1.36. The molecule has 0 amide bonds. The molecule has 4 rings (SSSR count). The van der Waals surface area contributed by atoms with E-state index in [1.807, 2.05) is 0 Å². The Bertz CT molecular complexity index is 750. The summed E-state index contributed by atoms with van der Waals surface area (Å²) in [6.07, 6.45) is 7.23. The Morgan fingerprint density at radius 2 is 1.84 bits per heavy atom. The van der Waals surface area contributed by atoms with Crippen LogP contribution in [-0.4, -0.2) is 57.3 Å². The molecule has 3 heterocycles. The van der Waals surface area contributed by atoms with E-state index in [4.69, 9.17) is 9.63 Å². The molecule has 2 aromatic rings. The Kier molecular flexibility index (Phi) is 4.35. The number of rotatable bonds is 4. The minimum Gasteiger partial charge on any atom is -0.478 e. The van der Waals surface area contributed by atoms with Gasteiger partial charge in [-0.1, -0.05) is 5.16 Å². The van der Waals surface area contributed by atoms with Gasteiger partial charge in [-0.25, -0.2) is 14.8 Å². The minimum absolute atomic E-state index is 0.109. The molecule has 8 heteroatoms. The second-order valence-electron chi connectivity index (χ2n) is 6.58. The number of piperazine rings is 1. The number of carboxylic acids is 1. The maximum absolute atomic E-state index is 10.9. The van der Waals surface area contributed by atoms with Crippen LogP contribution >= 0.6 is 0 Å². The Morgan fingerprint density at radius 3 is 2.56 bits per heavy atom. The average molecular weight is 343 g/mol. The number of fused-ring (bicyclic) bond motifs is 1. The second kappa shape index (κ2) is 6.79. The van der Waals surface area contributed by atoms with Gasteiger partial charge in [0.1, 0.15) is 11.5 Å². The third-order valence-electron chi connectivity index (χ3n) is 4.95. The standard InChI is InChI=1S/C17H21N5O3/c23-16(24)12-9-18-17(19-10-12)22-7-5-21(6-8-22)11-14-13-3-1-2-4-15(13)25-20-14/h9-10H,1-8,11H2,(H,23,24). The van der Waals surface area contributed by atoms with Crippen LogP contribution in [0.1, 0.15) is 40.2 Å². The third-order valence-corrected chi connectivity index (χ3v) is 4.95. The SMILES string of the molecule is O=C(O)c1cnc(N2CCN(Cc3noc4c3CCCC4)CC2)nc1. The van der Waals surface area contributed by atoms with Gasteiger partial charge < -0.3 is 14.5 Å². The Balaban J connectivity index is 1.35. The lowest BCUT2D eigenvalue weighted by atomic mass is 9.96. The molecule has 0 radical (unpaired) electrons. The average Bonchev–Trinajstić information content (AvgIpc) is 3.06. The lowest BCUT2D eigenvalue weighted by Gasteiger charge is -2.34. The summed E-state index contributed by atoms with van der Waals surface area (Å²) in [6, 6.07) is 0. The summed E-state index contributed by atoms with van der Waals surface area (Å²) in [6.45, 7) is 4.24. The fourth-order valence-electron chi connectivity index (χ4n) is 3.49. The van der Waals surface area contributed by atoms with Crippen molar-refractivity contribution in [2.45, 2.75) is 32.2 Å². The van der Waals surface area contributed by atoms with Crippen molar-refractivity contribution in [3.63, 3.8) is 0 Å². The van der Waals surface area contributed by atoms with E-state index >= 15 is 0 Å². The van der Waals surface area contributed by atoms with Crippen LogP contribution in [0.25, 0.3) is 0 Å². The van der Waals surface area contributed by atoms with Gasteiger partial charge in [0.05, 0.1) is 5.56 Å². The maximum atomic E-state index is 10.9. The highest BCUT2D eigenvalue weighted by Gasteiger charge is 2.24. The molecule has 1 fully saturated rings. The van der Waals surface area contributed by atoms with Gasteiger partial charge in [-0.15, -0.1) is 0 Å². The molecule has 2 aromatic heterocycles. The van der Waals surface area contributed by atoms with E-state index in [-0.39, 0.29) is 5.56 Å². The van der Waals surface area contributed by atoms with E-state index in [1.165, 1.54) is 30.8 Å². The van der Waals surface area contributed by atoms with E-state index in [2.05, 4.69) is 24.9 Å². The van der Waals surface area contributed by atoms with Crippen LogP contribution in [0.4, 0.5) is 5.95 Å². The van der Waals surface area contributed by atoms with Crippen LogP contribution < -0.4 is 4.90 Å². The zero-order valence-electron chi connectivity index (χ0n) is 14.0. The largest absolute Gasteiger partial charge is 0.478 e. The van der Waals surface area contributed by atoms with Crippen LogP contribution in [0.5, 0.6) is 0 Å². The molecule has 132 valence electrons. The molecule has 0 saturated carbocycles. The van der Waals surface area contributed by atoms with E-state index in [9.17, 15) is 4.79 Å². The number of carbonyl (C=O) groups is 1. The zero-order chi connectivity index (χ0) is 17.2.